The molecule has 0 saturated carbocycles. The van der Waals surface area contributed by atoms with Crippen LogP contribution in [-0.2, 0) is 28.6 Å². The lowest BCUT2D eigenvalue weighted by molar-refractivity contribution is -0.137. The number of carbonyl (C=O) groups is 4. The highest BCUT2D eigenvalue weighted by molar-refractivity contribution is 5.75. The van der Waals surface area contributed by atoms with Gasteiger partial charge < -0.3 is 40.2 Å². The number of carbonyl (C=O) groups excluding carboxylic acids is 1. The average Bonchev–Trinajstić information content (AvgIpc) is 2.77. The molecular weight excluding hydrogens is 458 g/mol. The van der Waals surface area contributed by atoms with E-state index in [1.807, 2.05) is 0 Å². The van der Waals surface area contributed by atoms with E-state index in [1.54, 1.807) is 0 Å². The van der Waals surface area contributed by atoms with Crippen LogP contribution in [0.3, 0.4) is 0 Å². The van der Waals surface area contributed by atoms with E-state index in [1.165, 1.54) is 0 Å². The highest BCUT2D eigenvalue weighted by Gasteiger charge is 2.33. The van der Waals surface area contributed by atoms with Gasteiger partial charge in [-0.3, -0.25) is 14.4 Å². The van der Waals surface area contributed by atoms with Crippen LogP contribution in [0.5, 0.6) is 0 Å². The molecule has 0 fully saturated rings. The van der Waals surface area contributed by atoms with Gasteiger partial charge in [-0.2, -0.15) is 0 Å². The molecule has 0 aliphatic rings. The van der Waals surface area contributed by atoms with Crippen molar-refractivity contribution in [1.29, 1.82) is 0 Å². The molecule has 0 unspecified atom stereocenters. The molecule has 5 N–H and O–H groups in total. The predicted octanol–water partition coefficient (Wildman–Crippen LogP) is 0.979. The summed E-state index contributed by atoms with van der Waals surface area (Å²) >= 11 is 0. The number of hydrogen-bond donors (Lipinski definition) is 5. The molecule has 0 atom stereocenters. The maximum atomic E-state index is 12.3. The normalized spacial score (nSPS) is 10.8. The first-order chi connectivity index (χ1) is 16.2. The van der Waals surface area contributed by atoms with Crippen LogP contribution in [0.2, 0.25) is 0 Å². The Morgan fingerprint density at radius 1 is 0.765 bits per heavy atom. The van der Waals surface area contributed by atoms with Gasteiger partial charge in [0.1, 0.15) is 0 Å². The summed E-state index contributed by atoms with van der Waals surface area (Å²) < 4.78 is 15.7. The summed E-state index contributed by atoms with van der Waals surface area (Å²) in [6, 6.07) is -0.682. The minimum atomic E-state index is -1.29. The first-order valence-electron chi connectivity index (χ1n) is 10.7. The van der Waals surface area contributed by atoms with Gasteiger partial charge in [0.2, 0.25) is 0 Å². The summed E-state index contributed by atoms with van der Waals surface area (Å²) in [5, 5.41) is 35.4. The number of carboxylic acids is 3. The van der Waals surface area contributed by atoms with E-state index in [-0.39, 0.29) is 64.8 Å². The van der Waals surface area contributed by atoms with Crippen molar-refractivity contribution in [2.24, 2.45) is 5.11 Å². The second kappa shape index (κ2) is 19.3. The van der Waals surface area contributed by atoms with Crippen molar-refractivity contribution in [3.05, 3.63) is 10.4 Å². The zero-order chi connectivity index (χ0) is 25.7. The Balaban J connectivity index is 4.33. The zero-order valence-corrected chi connectivity index (χ0v) is 18.9. The van der Waals surface area contributed by atoms with E-state index in [0.29, 0.717) is 26.4 Å². The largest absolute Gasteiger partial charge is 0.481 e. The van der Waals surface area contributed by atoms with Crippen molar-refractivity contribution in [2.75, 3.05) is 52.7 Å². The van der Waals surface area contributed by atoms with Gasteiger partial charge in [-0.1, -0.05) is 5.11 Å². The van der Waals surface area contributed by atoms with Gasteiger partial charge in [-0.15, -0.1) is 0 Å². The third-order valence-corrected chi connectivity index (χ3v) is 4.51. The van der Waals surface area contributed by atoms with Crippen LogP contribution < -0.4 is 10.6 Å². The molecule has 194 valence electrons. The number of urea groups is 1. The summed E-state index contributed by atoms with van der Waals surface area (Å²) in [5.41, 5.74) is 6.81. The number of nitrogens with one attached hydrogen (secondary N) is 2. The molecule has 15 nitrogen and oxygen atoms in total. The van der Waals surface area contributed by atoms with Gasteiger partial charge in [-0.25, -0.2) is 4.79 Å². The van der Waals surface area contributed by atoms with Gasteiger partial charge in [0, 0.05) is 42.8 Å². The van der Waals surface area contributed by atoms with Crippen LogP contribution in [0.1, 0.15) is 38.5 Å². The molecule has 0 heterocycles. The number of carboxylic acid groups (broad SMARTS) is 3. The Morgan fingerprint density at radius 3 is 1.65 bits per heavy atom. The molecule has 0 aliphatic carbocycles. The molecule has 0 aromatic carbocycles. The standard InChI is InChI=1S/C19H33N5O10/c20-24-22-8-10-33-12-14-34-13-11-32-9-7-21-18(31)23-19(4-1-15(25)26,5-2-16(27)28)6-3-17(29)30/h1-14H2,(H,25,26)(H,27,28)(H,29,30)(H2,21,23,31). The Morgan fingerprint density at radius 2 is 1.21 bits per heavy atom. The SMILES string of the molecule is [N-]=[N+]=NCCOCCOCCOCCNC(=O)NC(CCC(=O)O)(CCC(=O)O)CCC(=O)O. The lowest BCUT2D eigenvalue weighted by Crippen LogP contribution is -2.53. The number of ether oxygens (including phenoxy) is 3. The Bertz CT molecular complexity index is 639. The zero-order valence-electron chi connectivity index (χ0n) is 18.9. The molecule has 0 aliphatic heterocycles. The van der Waals surface area contributed by atoms with Crippen molar-refractivity contribution >= 4 is 23.9 Å². The van der Waals surface area contributed by atoms with Crippen LogP contribution in [0, 0.1) is 0 Å². The third-order valence-electron chi connectivity index (χ3n) is 4.51. The first-order valence-corrected chi connectivity index (χ1v) is 10.7. The lowest BCUT2D eigenvalue weighted by atomic mass is 9.83. The Kier molecular flexibility index (Phi) is 17.6. The van der Waals surface area contributed by atoms with Crippen molar-refractivity contribution in [1.82, 2.24) is 10.6 Å². The van der Waals surface area contributed by atoms with Gasteiger partial charge in [0.15, 0.2) is 0 Å². The number of rotatable bonds is 22. The van der Waals surface area contributed by atoms with Crippen LogP contribution in [0.25, 0.3) is 10.4 Å². The monoisotopic (exact) mass is 491 g/mol. The predicted molar refractivity (Wildman–Crippen MR) is 116 cm³/mol. The molecule has 34 heavy (non-hydrogen) atoms. The summed E-state index contributed by atoms with van der Waals surface area (Å²) in [5.74, 6) is -3.44. The smallest absolute Gasteiger partial charge is 0.315 e. The Labute approximate surface area is 196 Å². The van der Waals surface area contributed by atoms with Crippen molar-refractivity contribution < 1.29 is 48.7 Å². The highest BCUT2D eigenvalue weighted by atomic mass is 16.5. The maximum Gasteiger partial charge on any atom is 0.315 e. The molecule has 0 radical (unpaired) electrons. The lowest BCUT2D eigenvalue weighted by Gasteiger charge is -2.34. The third kappa shape index (κ3) is 18.4. The number of hydrogen-bond acceptors (Lipinski definition) is 8. The molecule has 0 spiro atoms. The fourth-order valence-electron chi connectivity index (χ4n) is 2.81. The van der Waals surface area contributed by atoms with E-state index in [4.69, 9.17) is 35.1 Å². The maximum absolute atomic E-state index is 12.3. The van der Waals surface area contributed by atoms with E-state index in [2.05, 4.69) is 20.7 Å². The molecule has 0 saturated heterocycles. The van der Waals surface area contributed by atoms with Crippen LogP contribution in [-0.4, -0.2) is 97.5 Å². The van der Waals surface area contributed by atoms with Crippen molar-refractivity contribution in [3.8, 4) is 0 Å². The first kappa shape index (κ1) is 30.9. The highest BCUT2D eigenvalue weighted by Crippen LogP contribution is 2.26. The molecular formula is C19H33N5O10. The number of aliphatic carboxylic acids is 3. The van der Waals surface area contributed by atoms with E-state index in [0.717, 1.165) is 0 Å². The van der Waals surface area contributed by atoms with Gasteiger partial charge in [0.25, 0.3) is 0 Å². The van der Waals surface area contributed by atoms with E-state index < -0.39 is 29.5 Å². The van der Waals surface area contributed by atoms with Crippen LogP contribution in [0.4, 0.5) is 4.79 Å². The number of nitrogens with zero attached hydrogens (tertiary/aromatic N) is 3. The minimum Gasteiger partial charge on any atom is -0.481 e. The van der Waals surface area contributed by atoms with Gasteiger partial charge >= 0.3 is 23.9 Å². The number of amides is 2. The van der Waals surface area contributed by atoms with E-state index in [9.17, 15) is 19.2 Å². The number of azide groups is 1. The molecule has 0 rings (SSSR count). The minimum absolute atomic E-state index is 0.112. The molecule has 0 bridgehead atoms. The second-order valence-electron chi connectivity index (χ2n) is 7.13. The molecule has 15 heteroatoms. The average molecular weight is 491 g/mol. The summed E-state index contributed by atoms with van der Waals surface area (Å²) in [7, 11) is 0. The Hall–Kier alpha value is -3.13. The summed E-state index contributed by atoms with van der Waals surface area (Å²) in [4.78, 5) is 47.9. The molecule has 0 aromatic heterocycles. The quantitative estimate of drug-likeness (QED) is 0.0623. The van der Waals surface area contributed by atoms with Gasteiger partial charge in [-0.05, 0) is 24.8 Å². The molecule has 2 amide bonds. The fourth-order valence-corrected chi connectivity index (χ4v) is 2.81. The van der Waals surface area contributed by atoms with Crippen LogP contribution in [0.15, 0.2) is 5.11 Å². The van der Waals surface area contributed by atoms with Crippen molar-refractivity contribution in [2.45, 2.75) is 44.1 Å². The topological polar surface area (TPSA) is 229 Å². The van der Waals surface area contributed by atoms with Gasteiger partial charge in [0.05, 0.1) is 39.6 Å². The van der Waals surface area contributed by atoms with Crippen LogP contribution >= 0.6 is 0 Å². The fraction of sp³-hybridized carbons (Fsp3) is 0.789. The summed E-state index contributed by atoms with van der Waals surface area (Å²) in [6.45, 7) is 2.08. The summed E-state index contributed by atoms with van der Waals surface area (Å²) in [6.07, 6.45) is -1.41. The molecule has 0 aromatic rings. The van der Waals surface area contributed by atoms with E-state index >= 15 is 0 Å². The second-order valence-corrected chi connectivity index (χ2v) is 7.13. The van der Waals surface area contributed by atoms with Crippen molar-refractivity contribution in [3.63, 3.8) is 0 Å².